The number of anilines is 1. The molecule has 0 saturated carbocycles. The summed E-state index contributed by atoms with van der Waals surface area (Å²) in [7, 11) is 0. The summed E-state index contributed by atoms with van der Waals surface area (Å²) in [5.74, 6) is 0.586. The Labute approximate surface area is 123 Å². The molecule has 1 N–H and O–H groups in total. The van der Waals surface area contributed by atoms with Crippen molar-refractivity contribution >= 4 is 22.6 Å². The van der Waals surface area contributed by atoms with Gasteiger partial charge < -0.3 is 9.88 Å². The number of fused-ring (bicyclic) bond motifs is 1. The van der Waals surface area contributed by atoms with E-state index in [1.807, 2.05) is 37.4 Å². The summed E-state index contributed by atoms with van der Waals surface area (Å²) in [5, 5.41) is 4.02. The van der Waals surface area contributed by atoms with Crippen molar-refractivity contribution in [3.05, 3.63) is 60.4 Å². The van der Waals surface area contributed by atoms with Crippen LogP contribution in [0.3, 0.4) is 0 Å². The molecule has 0 aliphatic carbocycles. The van der Waals surface area contributed by atoms with Gasteiger partial charge in [-0.05, 0) is 36.6 Å². The number of carbonyl (C=O) groups is 1. The molecule has 2 heterocycles. The van der Waals surface area contributed by atoms with Crippen molar-refractivity contribution in [3.8, 4) is 0 Å². The largest absolute Gasteiger partial charge is 0.347 e. The number of pyridine rings is 1. The van der Waals surface area contributed by atoms with Crippen LogP contribution < -0.4 is 5.32 Å². The number of nitrogens with one attached hydrogen (secondary N) is 1. The van der Waals surface area contributed by atoms with Crippen LogP contribution in [0.1, 0.15) is 12.1 Å². The van der Waals surface area contributed by atoms with Crippen LogP contribution >= 0.6 is 0 Å². The highest BCUT2D eigenvalue weighted by Crippen LogP contribution is 2.15. The van der Waals surface area contributed by atoms with Crippen molar-refractivity contribution in [3.63, 3.8) is 0 Å². The highest BCUT2D eigenvalue weighted by Gasteiger charge is 2.05. The van der Waals surface area contributed by atoms with E-state index >= 15 is 0 Å². The topological polar surface area (TPSA) is 46.9 Å². The Hall–Kier alpha value is -2.62. The van der Waals surface area contributed by atoms with Crippen molar-refractivity contribution in [2.45, 2.75) is 19.9 Å². The average Bonchev–Trinajstić information content (AvgIpc) is 2.88. The van der Waals surface area contributed by atoms with Gasteiger partial charge in [0.25, 0.3) is 0 Å². The third-order valence-corrected chi connectivity index (χ3v) is 3.42. The summed E-state index contributed by atoms with van der Waals surface area (Å²) >= 11 is 0. The van der Waals surface area contributed by atoms with Gasteiger partial charge >= 0.3 is 0 Å². The number of nitrogens with zero attached hydrogens (tertiary/aromatic N) is 2. The fourth-order valence-electron chi connectivity index (χ4n) is 2.38. The van der Waals surface area contributed by atoms with E-state index in [1.54, 1.807) is 6.07 Å². The third kappa shape index (κ3) is 3.11. The van der Waals surface area contributed by atoms with Crippen LogP contribution in [0, 0.1) is 6.92 Å². The number of rotatable bonds is 4. The predicted molar refractivity (Wildman–Crippen MR) is 84.2 cm³/mol. The molecule has 3 aromatic rings. The molecule has 21 heavy (non-hydrogen) atoms. The second-order valence-corrected chi connectivity index (χ2v) is 5.03. The second kappa shape index (κ2) is 5.79. The maximum Gasteiger partial charge on any atom is 0.227 e. The Balaban J connectivity index is 1.63. The second-order valence-electron chi connectivity index (χ2n) is 5.03. The molecule has 0 unspecified atom stereocenters. The number of aryl methyl sites for hydroxylation is 2. The van der Waals surface area contributed by atoms with E-state index in [4.69, 9.17) is 0 Å². The first-order valence-corrected chi connectivity index (χ1v) is 7.00. The van der Waals surface area contributed by atoms with E-state index in [0.29, 0.717) is 18.8 Å². The first-order valence-electron chi connectivity index (χ1n) is 7.00. The average molecular weight is 279 g/mol. The summed E-state index contributed by atoms with van der Waals surface area (Å²) in [6.45, 7) is 2.56. The van der Waals surface area contributed by atoms with E-state index < -0.39 is 0 Å². The van der Waals surface area contributed by atoms with Crippen LogP contribution in [0.4, 0.5) is 5.82 Å². The maximum atomic E-state index is 12.0. The van der Waals surface area contributed by atoms with Gasteiger partial charge in [0.05, 0.1) is 0 Å². The molecule has 0 bridgehead atoms. The smallest absolute Gasteiger partial charge is 0.227 e. The predicted octanol–water partition coefficient (Wildman–Crippen LogP) is 3.37. The molecule has 0 spiro atoms. The maximum absolute atomic E-state index is 12.0. The first-order chi connectivity index (χ1) is 10.2. The van der Waals surface area contributed by atoms with Gasteiger partial charge in [0.2, 0.25) is 5.91 Å². The summed E-state index contributed by atoms with van der Waals surface area (Å²) in [5.41, 5.74) is 2.04. The number of para-hydroxylation sites is 1. The Morgan fingerprint density at radius 3 is 2.86 bits per heavy atom. The molecule has 0 fully saturated rings. The molecular formula is C17H17N3O. The molecule has 3 rings (SSSR count). The number of amides is 1. The van der Waals surface area contributed by atoms with E-state index in [9.17, 15) is 4.79 Å². The minimum atomic E-state index is -0.0223. The van der Waals surface area contributed by atoms with Gasteiger partial charge in [-0.2, -0.15) is 0 Å². The molecule has 2 aromatic heterocycles. The van der Waals surface area contributed by atoms with E-state index in [2.05, 4.69) is 33.1 Å². The minimum absolute atomic E-state index is 0.0223. The Kier molecular flexibility index (Phi) is 3.69. The highest BCUT2D eigenvalue weighted by molar-refractivity contribution is 5.89. The zero-order valence-corrected chi connectivity index (χ0v) is 11.9. The van der Waals surface area contributed by atoms with Gasteiger partial charge in [-0.15, -0.1) is 0 Å². The number of hydrogen-bond acceptors (Lipinski definition) is 2. The fourth-order valence-corrected chi connectivity index (χ4v) is 2.38. The monoisotopic (exact) mass is 279 g/mol. The van der Waals surface area contributed by atoms with Crippen LogP contribution in [0.2, 0.25) is 0 Å². The lowest BCUT2D eigenvalue weighted by atomic mass is 10.2. The molecule has 0 aliphatic heterocycles. The molecule has 0 aliphatic rings. The van der Waals surface area contributed by atoms with E-state index in [-0.39, 0.29) is 5.91 Å². The Bertz CT molecular complexity index is 776. The quantitative estimate of drug-likeness (QED) is 0.796. The van der Waals surface area contributed by atoms with Crippen LogP contribution in [0.5, 0.6) is 0 Å². The number of carbonyl (C=O) groups excluding carboxylic acids is 1. The molecule has 106 valence electrons. The molecule has 4 heteroatoms. The van der Waals surface area contributed by atoms with Gasteiger partial charge in [-0.25, -0.2) is 4.98 Å². The molecule has 0 saturated heterocycles. The van der Waals surface area contributed by atoms with Crippen molar-refractivity contribution in [1.82, 2.24) is 9.55 Å². The highest BCUT2D eigenvalue weighted by atomic mass is 16.1. The van der Waals surface area contributed by atoms with Crippen molar-refractivity contribution in [1.29, 1.82) is 0 Å². The first kappa shape index (κ1) is 13.4. The van der Waals surface area contributed by atoms with Crippen molar-refractivity contribution < 1.29 is 4.79 Å². The number of aromatic nitrogens is 2. The van der Waals surface area contributed by atoms with Gasteiger partial charge in [-0.1, -0.05) is 24.3 Å². The summed E-state index contributed by atoms with van der Waals surface area (Å²) in [6, 6.07) is 15.8. The fraction of sp³-hybridized carbons (Fsp3) is 0.176. The van der Waals surface area contributed by atoms with Crippen molar-refractivity contribution in [2.24, 2.45) is 0 Å². The molecule has 1 amide bonds. The van der Waals surface area contributed by atoms with Gasteiger partial charge in [0.1, 0.15) is 5.82 Å². The summed E-state index contributed by atoms with van der Waals surface area (Å²) in [6.07, 6.45) is 2.44. The lowest BCUT2D eigenvalue weighted by Gasteiger charge is -2.07. The summed E-state index contributed by atoms with van der Waals surface area (Å²) in [4.78, 5) is 16.3. The van der Waals surface area contributed by atoms with E-state index in [0.717, 1.165) is 11.2 Å². The van der Waals surface area contributed by atoms with Crippen LogP contribution in [-0.4, -0.2) is 15.5 Å². The van der Waals surface area contributed by atoms with Crippen LogP contribution in [0.15, 0.2) is 54.7 Å². The number of hydrogen-bond donors (Lipinski definition) is 1. The van der Waals surface area contributed by atoms with Gasteiger partial charge in [0, 0.05) is 30.4 Å². The van der Waals surface area contributed by atoms with Crippen LogP contribution in [0.25, 0.3) is 10.9 Å². The Morgan fingerprint density at radius 1 is 1.14 bits per heavy atom. The third-order valence-electron chi connectivity index (χ3n) is 3.42. The Morgan fingerprint density at radius 2 is 2.00 bits per heavy atom. The zero-order valence-electron chi connectivity index (χ0n) is 11.9. The molecule has 4 nitrogen and oxygen atoms in total. The van der Waals surface area contributed by atoms with Crippen molar-refractivity contribution in [2.75, 3.05) is 5.32 Å². The zero-order chi connectivity index (χ0) is 14.7. The lowest BCUT2D eigenvalue weighted by molar-refractivity contribution is -0.116. The lowest BCUT2D eigenvalue weighted by Crippen LogP contribution is -2.15. The van der Waals surface area contributed by atoms with Gasteiger partial charge in [-0.3, -0.25) is 4.79 Å². The molecule has 1 aromatic carbocycles. The summed E-state index contributed by atoms with van der Waals surface area (Å²) < 4.78 is 2.10. The van der Waals surface area contributed by atoms with Gasteiger partial charge in [0.15, 0.2) is 0 Å². The minimum Gasteiger partial charge on any atom is -0.347 e. The van der Waals surface area contributed by atoms with E-state index in [1.165, 1.54) is 5.39 Å². The molecule has 0 atom stereocenters. The number of benzene rings is 1. The van der Waals surface area contributed by atoms with Crippen LogP contribution in [-0.2, 0) is 11.3 Å². The molecule has 0 radical (unpaired) electrons. The SMILES string of the molecule is Cc1cccc(NC(=O)CCn2ccc3ccccc32)n1. The standard InChI is InChI=1S/C17H17N3O/c1-13-5-4-8-16(18-13)19-17(21)10-12-20-11-9-14-6-2-3-7-15(14)20/h2-9,11H,10,12H2,1H3,(H,18,19,21). The molecular weight excluding hydrogens is 262 g/mol. The normalized spacial score (nSPS) is 10.7.